The number of rotatable bonds is 2. The molecule has 2 aromatic heterocycles. The minimum absolute atomic E-state index is 0.254. The molecule has 1 aliphatic rings. The van der Waals surface area contributed by atoms with Crippen LogP contribution in [0.1, 0.15) is 34.9 Å². The fraction of sp³-hybridized carbons (Fsp3) is 0.231. The van der Waals surface area contributed by atoms with Crippen molar-refractivity contribution in [3.8, 4) is 0 Å². The molecule has 0 aliphatic carbocycles. The van der Waals surface area contributed by atoms with E-state index < -0.39 is 5.92 Å². The third-order valence-corrected chi connectivity index (χ3v) is 3.27. The number of amides is 2. The monoisotopic (exact) mass is 257 g/mol. The number of carbonyl (C=O) groups excluding carboxylic acids is 3. The van der Waals surface area contributed by atoms with Crippen molar-refractivity contribution in [3.05, 3.63) is 35.9 Å². The lowest BCUT2D eigenvalue weighted by atomic mass is 9.97. The summed E-state index contributed by atoms with van der Waals surface area (Å²) in [4.78, 5) is 38.0. The van der Waals surface area contributed by atoms with Crippen LogP contribution < -0.4 is 5.32 Å². The highest BCUT2D eigenvalue weighted by Crippen LogP contribution is 2.24. The van der Waals surface area contributed by atoms with Crippen molar-refractivity contribution in [1.82, 2.24) is 14.7 Å². The number of nitrogens with zero attached hydrogens (tertiary/aromatic N) is 2. The summed E-state index contributed by atoms with van der Waals surface area (Å²) in [6, 6.07) is 3.46. The quantitative estimate of drug-likeness (QED) is 0.633. The van der Waals surface area contributed by atoms with Gasteiger partial charge in [-0.1, -0.05) is 0 Å². The van der Waals surface area contributed by atoms with E-state index in [1.54, 1.807) is 28.9 Å². The summed E-state index contributed by atoms with van der Waals surface area (Å²) >= 11 is 0. The predicted molar refractivity (Wildman–Crippen MR) is 65.7 cm³/mol. The Bertz CT molecular complexity index is 689. The van der Waals surface area contributed by atoms with Crippen molar-refractivity contribution in [2.24, 2.45) is 0 Å². The van der Waals surface area contributed by atoms with Crippen LogP contribution in [-0.2, 0) is 9.59 Å². The van der Waals surface area contributed by atoms with Crippen LogP contribution in [0.4, 0.5) is 0 Å². The number of aromatic nitrogens is 2. The van der Waals surface area contributed by atoms with Gasteiger partial charge in [-0.05, 0) is 18.6 Å². The average Bonchev–Trinajstić information content (AvgIpc) is 2.81. The maximum atomic E-state index is 11.8. The zero-order valence-electron chi connectivity index (χ0n) is 10.00. The van der Waals surface area contributed by atoms with Crippen molar-refractivity contribution in [3.63, 3.8) is 0 Å². The van der Waals surface area contributed by atoms with E-state index in [1.807, 2.05) is 0 Å². The number of aldehydes is 1. The zero-order chi connectivity index (χ0) is 13.4. The van der Waals surface area contributed by atoms with Gasteiger partial charge in [0.25, 0.3) is 0 Å². The largest absolute Gasteiger partial charge is 0.302 e. The lowest BCUT2D eigenvalue weighted by Crippen LogP contribution is -2.40. The third-order valence-electron chi connectivity index (χ3n) is 3.27. The normalized spacial score (nSPS) is 19.5. The Hall–Kier alpha value is -2.50. The summed E-state index contributed by atoms with van der Waals surface area (Å²) in [5.74, 6) is -0.484. The van der Waals surface area contributed by atoms with Gasteiger partial charge in [0.1, 0.15) is 5.82 Å². The fourth-order valence-electron chi connectivity index (χ4n) is 2.29. The number of imide groups is 1. The Balaban J connectivity index is 2.07. The van der Waals surface area contributed by atoms with Crippen molar-refractivity contribution < 1.29 is 14.4 Å². The van der Waals surface area contributed by atoms with Crippen LogP contribution >= 0.6 is 0 Å². The summed E-state index contributed by atoms with van der Waals surface area (Å²) in [5, 5.41) is 2.31. The SMILES string of the molecule is O=Cc1ccc2cnc(C3CCC(=O)NC3=O)n2c1. The van der Waals surface area contributed by atoms with Crippen LogP contribution in [0.25, 0.3) is 5.52 Å². The number of carbonyl (C=O) groups is 3. The summed E-state index contributed by atoms with van der Waals surface area (Å²) in [6.07, 6.45) is 4.78. The molecule has 19 heavy (non-hydrogen) atoms. The lowest BCUT2D eigenvalue weighted by molar-refractivity contribution is -0.134. The molecule has 3 rings (SSSR count). The Kier molecular flexibility index (Phi) is 2.63. The van der Waals surface area contributed by atoms with E-state index in [2.05, 4.69) is 10.3 Å². The Labute approximate surface area is 108 Å². The van der Waals surface area contributed by atoms with Gasteiger partial charge in [-0.25, -0.2) is 4.98 Å². The molecule has 0 aromatic carbocycles. The van der Waals surface area contributed by atoms with E-state index in [4.69, 9.17) is 0 Å². The van der Waals surface area contributed by atoms with Gasteiger partial charge in [0.15, 0.2) is 6.29 Å². The Morgan fingerprint density at radius 3 is 2.95 bits per heavy atom. The topological polar surface area (TPSA) is 80.5 Å². The number of pyridine rings is 1. The second-order valence-corrected chi connectivity index (χ2v) is 4.50. The van der Waals surface area contributed by atoms with Crippen LogP contribution in [-0.4, -0.2) is 27.5 Å². The molecule has 96 valence electrons. The van der Waals surface area contributed by atoms with Crippen molar-refractivity contribution in [1.29, 1.82) is 0 Å². The summed E-state index contributed by atoms with van der Waals surface area (Å²) in [7, 11) is 0. The zero-order valence-corrected chi connectivity index (χ0v) is 10.00. The van der Waals surface area contributed by atoms with E-state index in [0.29, 0.717) is 24.2 Å². The molecule has 1 N–H and O–H groups in total. The average molecular weight is 257 g/mol. The first-order valence-corrected chi connectivity index (χ1v) is 5.95. The number of hydrogen-bond donors (Lipinski definition) is 1. The van der Waals surface area contributed by atoms with Gasteiger partial charge in [0.05, 0.1) is 17.6 Å². The number of hydrogen-bond acceptors (Lipinski definition) is 4. The molecule has 1 saturated heterocycles. The molecule has 1 fully saturated rings. The maximum absolute atomic E-state index is 11.8. The molecular formula is C13H11N3O3. The summed E-state index contributed by atoms with van der Waals surface area (Å²) in [6.45, 7) is 0. The molecule has 0 radical (unpaired) electrons. The van der Waals surface area contributed by atoms with E-state index in [-0.39, 0.29) is 11.8 Å². The van der Waals surface area contributed by atoms with E-state index in [0.717, 1.165) is 11.8 Å². The van der Waals surface area contributed by atoms with Crippen molar-refractivity contribution >= 4 is 23.6 Å². The van der Waals surface area contributed by atoms with Crippen LogP contribution in [0.3, 0.4) is 0 Å². The molecule has 6 nitrogen and oxygen atoms in total. The van der Waals surface area contributed by atoms with Gasteiger partial charge in [-0.2, -0.15) is 0 Å². The predicted octanol–water partition coefficient (Wildman–Crippen LogP) is 0.667. The van der Waals surface area contributed by atoms with E-state index in [1.165, 1.54) is 0 Å². The van der Waals surface area contributed by atoms with Crippen LogP contribution in [0.5, 0.6) is 0 Å². The highest BCUT2D eigenvalue weighted by Gasteiger charge is 2.30. The number of nitrogens with one attached hydrogen (secondary N) is 1. The molecule has 6 heteroatoms. The standard InChI is InChI=1S/C13H11N3O3/c17-7-8-1-2-9-5-14-12(16(9)6-8)10-3-4-11(18)15-13(10)19/h1-2,5-7,10H,3-4H2,(H,15,18,19). The molecule has 1 unspecified atom stereocenters. The maximum Gasteiger partial charge on any atom is 0.237 e. The number of imidazole rings is 1. The van der Waals surface area contributed by atoms with Crippen LogP contribution in [0.15, 0.2) is 24.5 Å². The lowest BCUT2D eigenvalue weighted by Gasteiger charge is -2.19. The van der Waals surface area contributed by atoms with E-state index in [9.17, 15) is 14.4 Å². The van der Waals surface area contributed by atoms with Crippen LogP contribution in [0, 0.1) is 0 Å². The molecule has 1 aliphatic heterocycles. The number of piperidine rings is 1. The third kappa shape index (κ3) is 1.91. The van der Waals surface area contributed by atoms with Gasteiger partial charge in [-0.15, -0.1) is 0 Å². The van der Waals surface area contributed by atoms with Crippen molar-refractivity contribution in [2.45, 2.75) is 18.8 Å². The highest BCUT2D eigenvalue weighted by molar-refractivity contribution is 6.00. The van der Waals surface area contributed by atoms with Gasteiger partial charge in [0.2, 0.25) is 11.8 Å². The van der Waals surface area contributed by atoms with Crippen molar-refractivity contribution in [2.75, 3.05) is 0 Å². The van der Waals surface area contributed by atoms with E-state index >= 15 is 0 Å². The first-order chi connectivity index (χ1) is 9.19. The van der Waals surface area contributed by atoms with Gasteiger partial charge in [-0.3, -0.25) is 19.7 Å². The Morgan fingerprint density at radius 2 is 2.21 bits per heavy atom. The molecule has 0 spiro atoms. The summed E-state index contributed by atoms with van der Waals surface area (Å²) in [5.41, 5.74) is 1.32. The molecule has 0 saturated carbocycles. The molecule has 1 atom stereocenters. The minimum Gasteiger partial charge on any atom is -0.302 e. The molecule has 3 heterocycles. The first-order valence-electron chi connectivity index (χ1n) is 5.95. The summed E-state index contributed by atoms with van der Waals surface area (Å²) < 4.78 is 1.73. The molecule has 2 amide bonds. The second kappa shape index (κ2) is 4.31. The fourth-order valence-corrected chi connectivity index (χ4v) is 2.29. The first kappa shape index (κ1) is 11.6. The highest BCUT2D eigenvalue weighted by atomic mass is 16.2. The smallest absolute Gasteiger partial charge is 0.237 e. The van der Waals surface area contributed by atoms with Gasteiger partial charge in [0, 0.05) is 18.2 Å². The molecule has 2 aromatic rings. The Morgan fingerprint density at radius 1 is 1.37 bits per heavy atom. The van der Waals surface area contributed by atoms with Gasteiger partial charge >= 0.3 is 0 Å². The second-order valence-electron chi connectivity index (χ2n) is 4.50. The molecular weight excluding hydrogens is 246 g/mol. The van der Waals surface area contributed by atoms with Gasteiger partial charge < -0.3 is 4.40 Å². The van der Waals surface area contributed by atoms with Crippen LogP contribution in [0.2, 0.25) is 0 Å². The minimum atomic E-state index is -0.456. The number of fused-ring (bicyclic) bond motifs is 1. The molecule has 0 bridgehead atoms.